The number of carbonyl (C=O) groups is 1. The fourth-order valence-corrected chi connectivity index (χ4v) is 4.42. The normalized spacial score (nSPS) is 16.0. The highest BCUT2D eigenvalue weighted by atomic mass is 35.5. The number of piperidine rings is 1. The molecule has 1 saturated heterocycles. The van der Waals surface area contributed by atoms with Gasteiger partial charge in [0.05, 0.1) is 12.1 Å². The van der Waals surface area contributed by atoms with E-state index in [1.165, 1.54) is 19.2 Å². The average molecular weight is 512 g/mol. The Bertz CT molecular complexity index is 1230. The SMILES string of the molecule is COc1ncc(-c2cnc(Nc3ccc(F)c(Cl)c3)nc2NCC2CCN(C(=O)C3CC3)CC2)cn1. The number of halogens is 2. The Kier molecular flexibility index (Phi) is 7.13. The molecule has 188 valence electrons. The van der Waals surface area contributed by atoms with Crippen LogP contribution >= 0.6 is 11.6 Å². The van der Waals surface area contributed by atoms with Crippen LogP contribution in [0.4, 0.5) is 21.8 Å². The number of likely N-dealkylation sites (tertiary alicyclic amines) is 1. The molecule has 0 atom stereocenters. The van der Waals surface area contributed by atoms with E-state index in [9.17, 15) is 9.18 Å². The highest BCUT2D eigenvalue weighted by Crippen LogP contribution is 2.33. The summed E-state index contributed by atoms with van der Waals surface area (Å²) in [5.74, 6) is 1.45. The summed E-state index contributed by atoms with van der Waals surface area (Å²) in [4.78, 5) is 31.9. The van der Waals surface area contributed by atoms with Crippen LogP contribution < -0.4 is 15.4 Å². The van der Waals surface area contributed by atoms with Crippen LogP contribution in [0.3, 0.4) is 0 Å². The molecule has 3 aromatic rings. The van der Waals surface area contributed by atoms with Crippen molar-refractivity contribution in [1.82, 2.24) is 24.8 Å². The number of hydrogen-bond donors (Lipinski definition) is 2. The molecule has 0 unspecified atom stereocenters. The molecule has 0 bridgehead atoms. The van der Waals surface area contributed by atoms with E-state index in [-0.39, 0.29) is 17.0 Å². The van der Waals surface area contributed by atoms with Crippen molar-refractivity contribution in [2.24, 2.45) is 11.8 Å². The zero-order valence-corrected chi connectivity index (χ0v) is 20.6. The summed E-state index contributed by atoms with van der Waals surface area (Å²) in [6, 6.07) is 4.61. The van der Waals surface area contributed by atoms with Crippen LogP contribution in [-0.4, -0.2) is 57.5 Å². The van der Waals surface area contributed by atoms with Crippen molar-refractivity contribution >= 4 is 35.0 Å². The summed E-state index contributed by atoms with van der Waals surface area (Å²) < 4.78 is 18.6. The predicted molar refractivity (Wildman–Crippen MR) is 135 cm³/mol. The second kappa shape index (κ2) is 10.6. The first-order chi connectivity index (χ1) is 17.5. The second-order valence-corrected chi connectivity index (χ2v) is 9.50. The lowest BCUT2D eigenvalue weighted by Gasteiger charge is -2.32. The number of nitrogens with one attached hydrogen (secondary N) is 2. The molecule has 36 heavy (non-hydrogen) atoms. The van der Waals surface area contributed by atoms with Gasteiger partial charge in [-0.1, -0.05) is 11.6 Å². The van der Waals surface area contributed by atoms with Gasteiger partial charge in [-0.25, -0.2) is 19.3 Å². The molecule has 5 rings (SSSR count). The number of rotatable bonds is 8. The summed E-state index contributed by atoms with van der Waals surface area (Å²) in [6.45, 7) is 2.29. The Balaban J connectivity index is 1.32. The first-order valence-electron chi connectivity index (χ1n) is 12.0. The monoisotopic (exact) mass is 511 g/mol. The summed E-state index contributed by atoms with van der Waals surface area (Å²) in [5.41, 5.74) is 2.04. The lowest BCUT2D eigenvalue weighted by molar-refractivity contribution is -0.133. The predicted octanol–water partition coefficient (Wildman–Crippen LogP) is 4.54. The molecule has 1 amide bonds. The number of anilines is 3. The molecule has 0 spiro atoms. The lowest BCUT2D eigenvalue weighted by atomic mass is 9.96. The van der Waals surface area contributed by atoms with E-state index in [2.05, 4.69) is 30.6 Å². The molecule has 3 heterocycles. The van der Waals surface area contributed by atoms with E-state index in [0.717, 1.165) is 49.9 Å². The average Bonchev–Trinajstić information content (AvgIpc) is 3.75. The molecular formula is C25H27ClFN7O2. The maximum atomic E-state index is 13.5. The Morgan fingerprint density at radius 1 is 1.14 bits per heavy atom. The van der Waals surface area contributed by atoms with Gasteiger partial charge < -0.3 is 20.3 Å². The largest absolute Gasteiger partial charge is 0.467 e. The van der Waals surface area contributed by atoms with E-state index in [1.807, 2.05) is 4.90 Å². The Hall–Kier alpha value is -3.53. The Labute approximate surface area is 213 Å². The quantitative estimate of drug-likeness (QED) is 0.454. The number of nitrogens with zero attached hydrogens (tertiary/aromatic N) is 5. The van der Waals surface area contributed by atoms with Gasteiger partial charge in [0.2, 0.25) is 11.9 Å². The number of amides is 1. The summed E-state index contributed by atoms with van der Waals surface area (Å²) in [5, 5.41) is 6.55. The van der Waals surface area contributed by atoms with Crippen LogP contribution in [-0.2, 0) is 4.79 Å². The molecule has 1 saturated carbocycles. The van der Waals surface area contributed by atoms with Gasteiger partial charge in [0.1, 0.15) is 11.6 Å². The summed E-state index contributed by atoms with van der Waals surface area (Å²) >= 11 is 5.91. The Morgan fingerprint density at radius 3 is 2.56 bits per heavy atom. The maximum Gasteiger partial charge on any atom is 0.316 e. The molecule has 2 aromatic heterocycles. The third-order valence-electron chi connectivity index (χ3n) is 6.50. The van der Waals surface area contributed by atoms with Crippen molar-refractivity contribution in [3.63, 3.8) is 0 Å². The van der Waals surface area contributed by atoms with Crippen molar-refractivity contribution < 1.29 is 13.9 Å². The summed E-state index contributed by atoms with van der Waals surface area (Å²) in [7, 11) is 1.51. The van der Waals surface area contributed by atoms with Gasteiger partial charge in [0.25, 0.3) is 0 Å². The van der Waals surface area contributed by atoms with Crippen molar-refractivity contribution in [3.05, 3.63) is 47.6 Å². The van der Waals surface area contributed by atoms with Gasteiger partial charge in [-0.3, -0.25) is 4.79 Å². The number of carbonyl (C=O) groups excluding carboxylic acids is 1. The van der Waals surface area contributed by atoms with Crippen LogP contribution in [0, 0.1) is 17.7 Å². The number of benzene rings is 1. The lowest BCUT2D eigenvalue weighted by Crippen LogP contribution is -2.40. The van der Waals surface area contributed by atoms with Crippen LogP contribution in [0.15, 0.2) is 36.8 Å². The van der Waals surface area contributed by atoms with E-state index in [1.54, 1.807) is 24.7 Å². The highest BCUT2D eigenvalue weighted by molar-refractivity contribution is 6.31. The van der Waals surface area contributed by atoms with Crippen LogP contribution in [0.1, 0.15) is 25.7 Å². The molecule has 2 fully saturated rings. The molecule has 2 aliphatic rings. The second-order valence-electron chi connectivity index (χ2n) is 9.09. The van der Waals surface area contributed by atoms with Crippen molar-refractivity contribution in [3.8, 4) is 17.1 Å². The molecular weight excluding hydrogens is 485 g/mol. The van der Waals surface area contributed by atoms with E-state index in [4.69, 9.17) is 16.3 Å². The minimum Gasteiger partial charge on any atom is -0.467 e. The van der Waals surface area contributed by atoms with Gasteiger partial charge in [-0.05, 0) is 49.8 Å². The zero-order chi connectivity index (χ0) is 25.1. The van der Waals surface area contributed by atoms with Crippen LogP contribution in [0.25, 0.3) is 11.1 Å². The Morgan fingerprint density at radius 2 is 1.89 bits per heavy atom. The number of methoxy groups -OCH3 is 1. The third kappa shape index (κ3) is 5.64. The maximum absolute atomic E-state index is 13.5. The smallest absolute Gasteiger partial charge is 0.316 e. The van der Waals surface area contributed by atoms with Crippen molar-refractivity contribution in [2.75, 3.05) is 37.4 Å². The molecule has 1 aliphatic carbocycles. The fourth-order valence-electron chi connectivity index (χ4n) is 4.24. The topological polar surface area (TPSA) is 105 Å². The van der Waals surface area contributed by atoms with Gasteiger partial charge in [-0.15, -0.1) is 0 Å². The van der Waals surface area contributed by atoms with Crippen LogP contribution in [0.2, 0.25) is 5.02 Å². The number of aromatic nitrogens is 4. The number of ether oxygens (including phenoxy) is 1. The molecule has 2 N–H and O–H groups in total. The van der Waals surface area contributed by atoms with Gasteiger partial charge in [0, 0.05) is 61.0 Å². The van der Waals surface area contributed by atoms with E-state index in [0.29, 0.717) is 35.8 Å². The molecule has 11 heteroatoms. The van der Waals surface area contributed by atoms with E-state index >= 15 is 0 Å². The van der Waals surface area contributed by atoms with Crippen molar-refractivity contribution in [1.29, 1.82) is 0 Å². The minimum atomic E-state index is -0.495. The third-order valence-corrected chi connectivity index (χ3v) is 6.79. The van der Waals surface area contributed by atoms with Gasteiger partial charge in [-0.2, -0.15) is 4.98 Å². The number of hydrogen-bond acceptors (Lipinski definition) is 8. The van der Waals surface area contributed by atoms with Gasteiger partial charge in [0.15, 0.2) is 0 Å². The first kappa shape index (κ1) is 24.2. The fraction of sp³-hybridized carbons (Fsp3) is 0.400. The molecule has 1 aliphatic heterocycles. The van der Waals surface area contributed by atoms with E-state index < -0.39 is 5.82 Å². The minimum absolute atomic E-state index is 0.0110. The van der Waals surface area contributed by atoms with Crippen molar-refractivity contribution in [2.45, 2.75) is 25.7 Å². The summed E-state index contributed by atoms with van der Waals surface area (Å²) in [6.07, 6.45) is 8.95. The first-order valence-corrected chi connectivity index (χ1v) is 12.4. The molecule has 0 radical (unpaired) electrons. The highest BCUT2D eigenvalue weighted by Gasteiger charge is 2.34. The standard InChI is InChI=1S/C25H27ClFN7O2/c1-36-25-30-12-17(13-31-25)19-14-29-24(32-18-4-5-21(27)20(26)10-18)33-22(19)28-11-15-6-8-34(9-7-15)23(35)16-2-3-16/h4-5,10,12-16H,2-3,6-9,11H2,1H3,(H2,28,29,32,33). The van der Waals surface area contributed by atoms with Gasteiger partial charge >= 0.3 is 6.01 Å². The van der Waals surface area contributed by atoms with Crippen LogP contribution in [0.5, 0.6) is 6.01 Å². The zero-order valence-electron chi connectivity index (χ0n) is 19.9. The molecule has 9 nitrogen and oxygen atoms in total. The molecule has 1 aromatic carbocycles.